The van der Waals surface area contributed by atoms with Gasteiger partial charge in [-0.05, 0) is 0 Å². The molecule has 0 radical (unpaired) electrons. The average molecular weight is 245 g/mol. The minimum Gasteiger partial charge on any atom is -0.348 e. The van der Waals surface area contributed by atoms with Crippen molar-refractivity contribution in [3.63, 3.8) is 0 Å². The Morgan fingerprint density at radius 1 is 1.19 bits per heavy atom. The van der Waals surface area contributed by atoms with E-state index in [2.05, 4.69) is 0 Å². The normalized spacial score (nSPS) is 11.4. The molecule has 0 saturated carbocycles. The van der Waals surface area contributed by atoms with Gasteiger partial charge in [0.25, 0.3) is 0 Å². The van der Waals surface area contributed by atoms with Gasteiger partial charge in [-0.1, -0.05) is 0 Å². The van der Waals surface area contributed by atoms with Gasteiger partial charge < -0.3 is 16.4 Å². The fourth-order valence-corrected chi connectivity index (χ4v) is 0.607. The number of hydrogen-bond acceptors (Lipinski definition) is 3. The molecule has 0 aliphatic rings. The van der Waals surface area contributed by atoms with Gasteiger partial charge in [0.05, 0.1) is 19.6 Å². The third-order valence-corrected chi connectivity index (χ3v) is 1.47. The molecule has 0 aliphatic heterocycles. The number of nitrogens with one attached hydrogen (secondary N) is 2. The lowest BCUT2D eigenvalue weighted by atomic mass is 10.3. The third-order valence-electron chi connectivity index (χ3n) is 1.47. The first-order valence-corrected chi connectivity index (χ1v) is 4.19. The van der Waals surface area contributed by atoms with Crippen LogP contribution in [-0.4, -0.2) is 43.8 Å². The van der Waals surface area contributed by atoms with E-state index in [1.165, 1.54) is 0 Å². The van der Waals surface area contributed by atoms with Crippen LogP contribution in [0.4, 0.5) is 17.6 Å². The van der Waals surface area contributed by atoms with Crippen LogP contribution >= 0.6 is 0 Å². The van der Waals surface area contributed by atoms with E-state index < -0.39 is 37.3 Å². The zero-order valence-electron chi connectivity index (χ0n) is 8.10. The number of amides is 2. The van der Waals surface area contributed by atoms with Gasteiger partial charge in [-0.2, -0.15) is 8.78 Å². The number of rotatable bonds is 6. The van der Waals surface area contributed by atoms with E-state index in [1.54, 1.807) is 5.32 Å². The first-order valence-electron chi connectivity index (χ1n) is 4.19. The molecule has 0 aromatic carbocycles. The topological polar surface area (TPSA) is 84.2 Å². The lowest BCUT2D eigenvalue weighted by Gasteiger charge is -2.15. The molecule has 0 unspecified atom stereocenters. The van der Waals surface area contributed by atoms with Crippen molar-refractivity contribution < 1.29 is 27.2 Å². The molecular formula is C7H11F4N3O2. The zero-order valence-corrected chi connectivity index (χ0v) is 8.10. The SMILES string of the molecule is NCC(=O)NCC(=O)NCC(F)(F)C(F)F. The molecule has 2 amide bonds. The highest BCUT2D eigenvalue weighted by molar-refractivity contribution is 5.85. The third kappa shape index (κ3) is 5.49. The molecule has 0 saturated heterocycles. The molecule has 16 heavy (non-hydrogen) atoms. The smallest absolute Gasteiger partial charge is 0.324 e. The molecule has 0 rings (SSSR count). The predicted octanol–water partition coefficient (Wildman–Crippen LogP) is -0.922. The summed E-state index contributed by atoms with van der Waals surface area (Å²) in [7, 11) is 0. The summed E-state index contributed by atoms with van der Waals surface area (Å²) in [6.45, 7) is -2.43. The minimum atomic E-state index is -4.28. The summed E-state index contributed by atoms with van der Waals surface area (Å²) in [6.07, 6.45) is -3.86. The van der Waals surface area contributed by atoms with Crippen molar-refractivity contribution in [2.75, 3.05) is 19.6 Å². The highest BCUT2D eigenvalue weighted by atomic mass is 19.3. The molecule has 0 spiro atoms. The fraction of sp³-hybridized carbons (Fsp3) is 0.714. The van der Waals surface area contributed by atoms with Crippen LogP contribution in [0.1, 0.15) is 0 Å². The summed E-state index contributed by atoms with van der Waals surface area (Å²) in [5.74, 6) is -5.94. The van der Waals surface area contributed by atoms with Crippen LogP contribution in [0.2, 0.25) is 0 Å². The zero-order chi connectivity index (χ0) is 12.8. The van der Waals surface area contributed by atoms with Crippen LogP contribution in [0.15, 0.2) is 0 Å². The van der Waals surface area contributed by atoms with Crippen LogP contribution in [0, 0.1) is 0 Å². The molecule has 0 aromatic heterocycles. The Morgan fingerprint density at radius 2 is 1.75 bits per heavy atom. The Hall–Kier alpha value is -1.38. The number of alkyl halides is 4. The highest BCUT2D eigenvalue weighted by Gasteiger charge is 2.40. The Kier molecular flexibility index (Phi) is 5.72. The minimum absolute atomic E-state index is 0.361. The van der Waals surface area contributed by atoms with E-state index in [1.807, 2.05) is 5.32 Å². The second kappa shape index (κ2) is 6.26. The van der Waals surface area contributed by atoms with Crippen molar-refractivity contribution in [3.05, 3.63) is 0 Å². The van der Waals surface area contributed by atoms with Crippen LogP contribution in [-0.2, 0) is 9.59 Å². The lowest BCUT2D eigenvalue weighted by Crippen LogP contribution is -2.45. The molecule has 94 valence electrons. The summed E-state index contributed by atoms with van der Waals surface area (Å²) >= 11 is 0. The van der Waals surface area contributed by atoms with Crippen molar-refractivity contribution in [3.8, 4) is 0 Å². The molecule has 5 nitrogen and oxygen atoms in total. The summed E-state index contributed by atoms with van der Waals surface area (Å²) in [5.41, 5.74) is 4.88. The molecule has 9 heteroatoms. The van der Waals surface area contributed by atoms with Crippen LogP contribution in [0.3, 0.4) is 0 Å². The largest absolute Gasteiger partial charge is 0.348 e. The number of carbonyl (C=O) groups is 2. The molecule has 0 fully saturated rings. The monoisotopic (exact) mass is 245 g/mol. The summed E-state index contributed by atoms with van der Waals surface area (Å²) < 4.78 is 47.9. The van der Waals surface area contributed by atoms with Gasteiger partial charge >= 0.3 is 12.3 Å². The fourth-order valence-electron chi connectivity index (χ4n) is 0.607. The molecule has 4 N–H and O–H groups in total. The Bertz CT molecular complexity index is 260. The van der Waals surface area contributed by atoms with Gasteiger partial charge in [-0.25, -0.2) is 8.78 Å². The molecule has 0 aromatic rings. The molecule has 0 aliphatic carbocycles. The van der Waals surface area contributed by atoms with E-state index in [-0.39, 0.29) is 6.54 Å². The number of hydrogen-bond donors (Lipinski definition) is 3. The molecule has 0 bridgehead atoms. The maximum Gasteiger partial charge on any atom is 0.324 e. The van der Waals surface area contributed by atoms with Gasteiger partial charge in [0, 0.05) is 0 Å². The number of halogens is 4. The van der Waals surface area contributed by atoms with E-state index in [4.69, 9.17) is 5.73 Å². The maximum absolute atomic E-state index is 12.3. The van der Waals surface area contributed by atoms with Gasteiger partial charge in [0.15, 0.2) is 0 Å². The second-order valence-corrected chi connectivity index (χ2v) is 2.82. The first kappa shape index (κ1) is 14.6. The van der Waals surface area contributed by atoms with Crippen LogP contribution in [0.5, 0.6) is 0 Å². The van der Waals surface area contributed by atoms with Crippen LogP contribution < -0.4 is 16.4 Å². The predicted molar refractivity (Wildman–Crippen MR) is 46.0 cm³/mol. The highest BCUT2D eigenvalue weighted by Crippen LogP contribution is 2.21. The maximum atomic E-state index is 12.3. The second-order valence-electron chi connectivity index (χ2n) is 2.82. The van der Waals surface area contributed by atoms with Gasteiger partial charge in [-0.3, -0.25) is 9.59 Å². The van der Waals surface area contributed by atoms with Crippen molar-refractivity contribution in [2.45, 2.75) is 12.3 Å². The summed E-state index contributed by atoms with van der Waals surface area (Å²) in [5, 5.41) is 3.55. The van der Waals surface area contributed by atoms with E-state index in [0.717, 1.165) is 0 Å². The van der Waals surface area contributed by atoms with Gasteiger partial charge in [0.2, 0.25) is 11.8 Å². The Balaban J connectivity index is 3.86. The average Bonchev–Trinajstić information content (AvgIpc) is 2.22. The Morgan fingerprint density at radius 3 is 2.19 bits per heavy atom. The van der Waals surface area contributed by atoms with Crippen molar-refractivity contribution in [1.29, 1.82) is 0 Å². The van der Waals surface area contributed by atoms with E-state index in [9.17, 15) is 27.2 Å². The summed E-state index contributed by atoms with van der Waals surface area (Å²) in [4.78, 5) is 21.3. The first-order chi connectivity index (χ1) is 7.29. The van der Waals surface area contributed by atoms with Gasteiger partial charge in [-0.15, -0.1) is 0 Å². The Labute approximate surface area is 88.4 Å². The molecular weight excluding hydrogens is 234 g/mol. The van der Waals surface area contributed by atoms with Crippen molar-refractivity contribution in [1.82, 2.24) is 10.6 Å². The van der Waals surface area contributed by atoms with E-state index in [0.29, 0.717) is 0 Å². The summed E-state index contributed by atoms with van der Waals surface area (Å²) in [6, 6.07) is 0. The molecule has 0 heterocycles. The van der Waals surface area contributed by atoms with E-state index >= 15 is 0 Å². The van der Waals surface area contributed by atoms with Crippen molar-refractivity contribution in [2.24, 2.45) is 5.73 Å². The quantitative estimate of drug-likeness (QED) is 0.529. The number of nitrogens with two attached hydrogens (primary N) is 1. The van der Waals surface area contributed by atoms with Crippen molar-refractivity contribution >= 4 is 11.8 Å². The lowest BCUT2D eigenvalue weighted by molar-refractivity contribution is -0.136. The molecule has 0 atom stereocenters. The van der Waals surface area contributed by atoms with Gasteiger partial charge in [0.1, 0.15) is 0 Å². The van der Waals surface area contributed by atoms with Crippen LogP contribution in [0.25, 0.3) is 0 Å². The standard InChI is InChI=1S/C7H11F4N3O2/c8-6(9)7(10,11)3-14-5(16)2-13-4(15)1-12/h6H,1-3,12H2,(H,13,15)(H,14,16). The number of carbonyl (C=O) groups excluding carboxylic acids is 2.